The number of aromatic hydroxyl groups is 1. The van der Waals surface area contributed by atoms with Crippen LogP contribution in [0.5, 0.6) is 5.75 Å². The number of carbonyl (C=O) groups excluding carboxylic acids is 2. The van der Waals surface area contributed by atoms with Crippen LogP contribution >= 0.6 is 0 Å². The summed E-state index contributed by atoms with van der Waals surface area (Å²) in [4.78, 5) is 38.0. The van der Waals surface area contributed by atoms with Gasteiger partial charge in [-0.3, -0.25) is 9.59 Å². The predicted octanol–water partition coefficient (Wildman–Crippen LogP) is 2.03. The number of carbonyl (C=O) groups is 3. The molecule has 1 fully saturated rings. The highest BCUT2D eigenvalue weighted by Crippen LogP contribution is 2.35. The van der Waals surface area contributed by atoms with Crippen LogP contribution in [0, 0.1) is 6.92 Å². The number of rotatable bonds is 7. The molecule has 0 bridgehead atoms. The lowest BCUT2D eigenvalue weighted by molar-refractivity contribution is -0.157. The monoisotopic (exact) mass is 462 g/mol. The number of nitrogens with one attached hydrogen (secondary N) is 1. The molecule has 3 atom stereocenters. The Bertz CT molecular complexity index is 1050. The predicted molar refractivity (Wildman–Crippen MR) is 113 cm³/mol. The van der Waals surface area contributed by atoms with Gasteiger partial charge >= 0.3 is 5.97 Å². The maximum atomic E-state index is 15.5. The van der Waals surface area contributed by atoms with Crippen molar-refractivity contribution in [1.82, 2.24) is 10.2 Å². The van der Waals surface area contributed by atoms with Crippen LogP contribution in [-0.2, 0) is 15.5 Å². The molecule has 0 aliphatic carbocycles. The van der Waals surface area contributed by atoms with E-state index in [2.05, 4.69) is 0 Å². The fourth-order valence-corrected chi connectivity index (χ4v) is 3.90. The van der Waals surface area contributed by atoms with Crippen molar-refractivity contribution in [3.05, 3.63) is 65.2 Å². The summed E-state index contributed by atoms with van der Waals surface area (Å²) in [6, 6.07) is 6.69. The minimum absolute atomic E-state index is 0.0178. The summed E-state index contributed by atoms with van der Waals surface area (Å²) in [6.07, 6.45) is -1.96. The highest BCUT2D eigenvalue weighted by molar-refractivity contribution is 5.97. The van der Waals surface area contributed by atoms with Crippen LogP contribution in [0.15, 0.2) is 48.5 Å². The van der Waals surface area contributed by atoms with Crippen molar-refractivity contribution in [1.29, 1.82) is 0 Å². The fraction of sp³-hybridized carbons (Fsp3) is 0.348. The molecule has 176 valence electrons. The van der Waals surface area contributed by atoms with Crippen LogP contribution in [0.25, 0.3) is 0 Å². The molecule has 1 aliphatic heterocycles. The second-order valence-electron chi connectivity index (χ2n) is 7.86. The topological polar surface area (TPSA) is 127 Å². The van der Waals surface area contributed by atoms with E-state index in [4.69, 9.17) is 0 Å². The minimum Gasteiger partial charge on any atom is -0.508 e. The van der Waals surface area contributed by atoms with Crippen LogP contribution < -0.4 is 5.32 Å². The van der Waals surface area contributed by atoms with E-state index < -0.39 is 47.5 Å². The van der Waals surface area contributed by atoms with Crippen molar-refractivity contribution in [2.45, 2.75) is 43.9 Å². The zero-order valence-electron chi connectivity index (χ0n) is 17.7. The van der Waals surface area contributed by atoms with Gasteiger partial charge in [-0.25, -0.2) is 4.79 Å². The zero-order chi connectivity index (χ0) is 24.3. The molecule has 2 aromatic rings. The van der Waals surface area contributed by atoms with E-state index in [1.807, 2.05) is 5.32 Å². The molecular formula is C23H24F2N2O6. The highest BCUT2D eigenvalue weighted by Gasteiger charge is 2.51. The number of aliphatic carboxylic acids is 1. The number of aliphatic hydroxyl groups is 1. The molecule has 8 nitrogen and oxygen atoms in total. The number of carboxylic acids is 1. The summed E-state index contributed by atoms with van der Waals surface area (Å²) >= 11 is 0. The number of amides is 2. The summed E-state index contributed by atoms with van der Waals surface area (Å²) < 4.78 is 31.0. The van der Waals surface area contributed by atoms with Gasteiger partial charge in [0.15, 0.2) is 6.10 Å². The molecule has 1 saturated heterocycles. The van der Waals surface area contributed by atoms with Crippen LogP contribution in [0.3, 0.4) is 0 Å². The van der Waals surface area contributed by atoms with Gasteiger partial charge in [-0.15, -0.1) is 0 Å². The van der Waals surface area contributed by atoms with Gasteiger partial charge in [-0.2, -0.15) is 8.78 Å². The van der Waals surface area contributed by atoms with Gasteiger partial charge in [0.05, 0.1) is 0 Å². The van der Waals surface area contributed by atoms with E-state index in [1.165, 1.54) is 43.3 Å². The molecule has 0 radical (unpaired) electrons. The van der Waals surface area contributed by atoms with E-state index in [1.54, 1.807) is 0 Å². The van der Waals surface area contributed by atoms with Crippen molar-refractivity contribution in [2.75, 3.05) is 6.54 Å². The Kier molecular flexibility index (Phi) is 6.97. The summed E-state index contributed by atoms with van der Waals surface area (Å²) in [5, 5.41) is 31.9. The number of halogens is 2. The molecule has 3 rings (SSSR count). The van der Waals surface area contributed by atoms with E-state index in [0.29, 0.717) is 6.42 Å². The first-order valence-electron chi connectivity index (χ1n) is 10.3. The second-order valence-corrected chi connectivity index (χ2v) is 7.86. The van der Waals surface area contributed by atoms with Crippen LogP contribution in [0.2, 0.25) is 0 Å². The van der Waals surface area contributed by atoms with Gasteiger partial charge < -0.3 is 25.5 Å². The van der Waals surface area contributed by atoms with E-state index in [-0.39, 0.29) is 29.8 Å². The molecule has 1 aliphatic rings. The van der Waals surface area contributed by atoms with Crippen molar-refractivity contribution >= 4 is 17.8 Å². The minimum atomic E-state index is -3.89. The number of aliphatic hydroxyl groups excluding tert-OH is 1. The van der Waals surface area contributed by atoms with Crippen molar-refractivity contribution < 1.29 is 38.5 Å². The zero-order valence-corrected chi connectivity index (χ0v) is 17.7. The number of hydrogen-bond donors (Lipinski definition) is 4. The smallest absolute Gasteiger partial charge is 0.326 e. The quantitative estimate of drug-likeness (QED) is 0.499. The second kappa shape index (κ2) is 9.53. The maximum Gasteiger partial charge on any atom is 0.326 e. The largest absolute Gasteiger partial charge is 0.508 e. The van der Waals surface area contributed by atoms with Crippen molar-refractivity contribution in [3.63, 3.8) is 0 Å². The molecule has 33 heavy (non-hydrogen) atoms. The maximum absolute atomic E-state index is 15.5. The molecule has 10 heteroatoms. The highest BCUT2D eigenvalue weighted by atomic mass is 19.3. The fourth-order valence-electron chi connectivity index (χ4n) is 3.90. The number of alkyl halides is 2. The van der Waals surface area contributed by atoms with E-state index in [9.17, 15) is 29.7 Å². The number of nitrogens with zero attached hydrogens (tertiary/aromatic N) is 1. The average molecular weight is 462 g/mol. The molecule has 1 unspecified atom stereocenters. The lowest BCUT2D eigenvalue weighted by Crippen LogP contribution is -2.59. The van der Waals surface area contributed by atoms with Crippen LogP contribution in [0.4, 0.5) is 8.78 Å². The van der Waals surface area contributed by atoms with Gasteiger partial charge in [-0.1, -0.05) is 36.4 Å². The van der Waals surface area contributed by atoms with Gasteiger partial charge in [-0.05, 0) is 31.9 Å². The number of phenolic OH excluding ortho intramolecular Hbond substituents is 1. The Balaban J connectivity index is 1.98. The Morgan fingerprint density at radius 2 is 1.79 bits per heavy atom. The van der Waals surface area contributed by atoms with Crippen molar-refractivity contribution in [2.24, 2.45) is 0 Å². The Hall–Kier alpha value is -3.53. The summed E-state index contributed by atoms with van der Waals surface area (Å²) in [7, 11) is 0. The molecule has 0 saturated carbocycles. The average Bonchev–Trinajstić information content (AvgIpc) is 3.29. The van der Waals surface area contributed by atoms with Crippen molar-refractivity contribution in [3.8, 4) is 5.75 Å². The number of phenols is 1. The molecule has 2 aromatic carbocycles. The van der Waals surface area contributed by atoms with Gasteiger partial charge in [0, 0.05) is 23.2 Å². The summed E-state index contributed by atoms with van der Waals surface area (Å²) in [5.74, 6) is -7.68. The van der Waals surface area contributed by atoms with Crippen LogP contribution in [-0.4, -0.2) is 62.7 Å². The third-order valence-corrected chi connectivity index (χ3v) is 5.78. The molecular weight excluding hydrogens is 438 g/mol. The molecule has 2 amide bonds. The molecule has 0 aromatic heterocycles. The van der Waals surface area contributed by atoms with Gasteiger partial charge in [0.2, 0.25) is 0 Å². The van der Waals surface area contributed by atoms with Gasteiger partial charge in [0.25, 0.3) is 17.7 Å². The van der Waals surface area contributed by atoms with E-state index >= 15 is 8.78 Å². The molecule has 4 N–H and O–H groups in total. The number of hydrogen-bond acceptors (Lipinski definition) is 5. The Morgan fingerprint density at radius 3 is 2.42 bits per heavy atom. The summed E-state index contributed by atoms with van der Waals surface area (Å²) in [6.45, 7) is 1.40. The number of carboxylic acid groups (broad SMARTS) is 1. The third kappa shape index (κ3) is 4.80. The Labute approximate surface area is 188 Å². The lowest BCUT2D eigenvalue weighted by atomic mass is 9.94. The molecule has 0 spiro atoms. The lowest BCUT2D eigenvalue weighted by Gasteiger charge is -2.34. The first-order valence-corrected chi connectivity index (χ1v) is 10.3. The molecule has 1 heterocycles. The SMILES string of the molecule is Cc1c(O)cccc1C(=O)N[C@@H]([C@H](O)C(=O)N1CCCC1C(=O)O)C(F)(F)c1ccccc1. The first-order chi connectivity index (χ1) is 15.6. The standard InChI is InChI=1S/C23H24F2N2O6/c1-13-15(9-5-11-17(13)28)20(30)26-19(23(24,25)14-7-3-2-4-8-14)18(29)21(31)27-12-6-10-16(27)22(32)33/h2-5,7-9,11,16,18-19,28-29H,6,10,12H2,1H3,(H,26,30)(H,32,33)/t16?,18-,19-/m0/s1. The Morgan fingerprint density at radius 1 is 1.12 bits per heavy atom. The van der Waals surface area contributed by atoms with E-state index in [0.717, 1.165) is 17.0 Å². The summed E-state index contributed by atoms with van der Waals surface area (Å²) in [5.41, 5.74) is -0.540. The number of benzene rings is 2. The van der Waals surface area contributed by atoms with Crippen LogP contribution in [0.1, 0.15) is 34.3 Å². The normalized spacial score (nSPS) is 17.9. The first kappa shape index (κ1) is 24.1. The third-order valence-electron chi connectivity index (χ3n) is 5.78. The van der Waals surface area contributed by atoms with Gasteiger partial charge in [0.1, 0.15) is 17.8 Å². The number of likely N-dealkylation sites (tertiary alicyclic amines) is 1.